The van der Waals surface area contributed by atoms with Crippen LogP contribution in [-0.4, -0.2) is 20.9 Å². The van der Waals surface area contributed by atoms with Crippen molar-refractivity contribution in [3.05, 3.63) is 89.9 Å². The summed E-state index contributed by atoms with van der Waals surface area (Å²) in [6, 6.07) is 13.8. The molecule has 0 radical (unpaired) electrons. The number of fused-ring (bicyclic) bond motifs is 1. The lowest BCUT2D eigenvalue weighted by Crippen LogP contribution is -2.13. The number of rotatable bonds is 5. The van der Waals surface area contributed by atoms with Crippen molar-refractivity contribution in [2.75, 3.05) is 0 Å². The molecule has 0 spiro atoms. The first-order valence-electron chi connectivity index (χ1n) is 8.83. The molecule has 2 heterocycles. The molecule has 0 bridgehead atoms. The highest BCUT2D eigenvalue weighted by Gasteiger charge is 2.12. The third-order valence-corrected chi connectivity index (χ3v) is 4.60. The van der Waals surface area contributed by atoms with E-state index in [0.29, 0.717) is 5.52 Å². The first-order chi connectivity index (χ1) is 13.6. The van der Waals surface area contributed by atoms with E-state index < -0.39 is 5.91 Å². The monoisotopic (exact) mass is 372 g/mol. The highest BCUT2D eigenvalue weighted by Crippen LogP contribution is 2.29. The number of hydrogen-bond acceptors (Lipinski definition) is 4. The van der Waals surface area contributed by atoms with E-state index in [2.05, 4.69) is 15.0 Å². The van der Waals surface area contributed by atoms with Crippen molar-refractivity contribution in [1.29, 1.82) is 0 Å². The summed E-state index contributed by atoms with van der Waals surface area (Å²) in [5.41, 5.74) is 10.1. The summed E-state index contributed by atoms with van der Waals surface area (Å²) in [4.78, 5) is 24.2. The molecule has 4 rings (SSSR count). The zero-order chi connectivity index (χ0) is 19.5. The van der Waals surface area contributed by atoms with E-state index in [1.54, 1.807) is 30.6 Å². The van der Waals surface area contributed by atoms with Gasteiger partial charge in [-0.3, -0.25) is 4.79 Å². The van der Waals surface area contributed by atoms with Gasteiger partial charge in [-0.15, -0.1) is 0 Å². The molecule has 4 aromatic rings. The molecule has 1 amide bonds. The number of halogens is 1. The van der Waals surface area contributed by atoms with Crippen LogP contribution >= 0.6 is 0 Å². The summed E-state index contributed by atoms with van der Waals surface area (Å²) in [5.74, 6) is -0.915. The fourth-order valence-corrected chi connectivity index (χ4v) is 3.17. The van der Waals surface area contributed by atoms with Crippen molar-refractivity contribution >= 4 is 16.8 Å². The molecule has 2 aromatic heterocycles. The number of hydrogen-bond donors (Lipinski definition) is 1. The van der Waals surface area contributed by atoms with Gasteiger partial charge in [0.2, 0.25) is 0 Å². The molecule has 0 saturated carbocycles. The molecule has 5 nitrogen and oxygen atoms in total. The van der Waals surface area contributed by atoms with Crippen LogP contribution in [0.25, 0.3) is 22.0 Å². The summed E-state index contributed by atoms with van der Waals surface area (Å²) in [7, 11) is 0. The lowest BCUT2D eigenvalue weighted by atomic mass is 9.97. The first kappa shape index (κ1) is 17.7. The molecule has 2 N–H and O–H groups in total. The fraction of sp³-hybridized carbons (Fsp3) is 0.0909. The average Bonchev–Trinajstić information content (AvgIpc) is 2.72. The molecular formula is C22H17FN4O. The van der Waals surface area contributed by atoms with E-state index >= 15 is 0 Å². The number of carbonyl (C=O) groups is 1. The normalized spacial score (nSPS) is 10.9. The zero-order valence-electron chi connectivity index (χ0n) is 15.0. The van der Waals surface area contributed by atoms with Crippen LogP contribution in [0, 0.1) is 5.82 Å². The molecular weight excluding hydrogens is 355 g/mol. The predicted molar refractivity (Wildman–Crippen MR) is 105 cm³/mol. The van der Waals surface area contributed by atoms with Crippen molar-refractivity contribution in [2.24, 2.45) is 5.73 Å². The van der Waals surface area contributed by atoms with Gasteiger partial charge in [0.25, 0.3) is 5.91 Å². The van der Waals surface area contributed by atoms with Gasteiger partial charge >= 0.3 is 0 Å². The van der Waals surface area contributed by atoms with Crippen molar-refractivity contribution in [1.82, 2.24) is 15.0 Å². The van der Waals surface area contributed by atoms with E-state index in [9.17, 15) is 9.18 Å². The maximum Gasteiger partial charge on any atom is 0.267 e. The Morgan fingerprint density at radius 1 is 0.929 bits per heavy atom. The van der Waals surface area contributed by atoms with Crippen LogP contribution in [0.5, 0.6) is 0 Å². The van der Waals surface area contributed by atoms with Crippen LogP contribution in [-0.2, 0) is 12.8 Å². The molecule has 0 fully saturated rings. The van der Waals surface area contributed by atoms with E-state index in [1.807, 2.05) is 18.2 Å². The Labute approximate surface area is 161 Å². The minimum Gasteiger partial charge on any atom is -0.364 e. The van der Waals surface area contributed by atoms with E-state index in [4.69, 9.17) is 5.73 Å². The summed E-state index contributed by atoms with van der Waals surface area (Å²) in [6.45, 7) is 0. The van der Waals surface area contributed by atoms with Crippen LogP contribution in [0.15, 0.2) is 67.3 Å². The first-order valence-corrected chi connectivity index (χ1v) is 8.83. The van der Waals surface area contributed by atoms with Crippen LogP contribution in [0.4, 0.5) is 4.39 Å². The van der Waals surface area contributed by atoms with E-state index in [0.717, 1.165) is 40.5 Å². The van der Waals surface area contributed by atoms with Gasteiger partial charge in [-0.25, -0.2) is 19.3 Å². The number of amides is 1. The van der Waals surface area contributed by atoms with Gasteiger partial charge in [-0.2, -0.15) is 0 Å². The van der Waals surface area contributed by atoms with Gasteiger partial charge in [-0.05, 0) is 59.4 Å². The molecule has 2 aromatic carbocycles. The molecule has 28 heavy (non-hydrogen) atoms. The minimum atomic E-state index is -0.600. The number of pyridine rings is 1. The maximum atomic E-state index is 13.3. The number of primary amides is 1. The van der Waals surface area contributed by atoms with Crippen LogP contribution in [0.3, 0.4) is 0 Å². The van der Waals surface area contributed by atoms with Crippen LogP contribution < -0.4 is 5.73 Å². The Hall–Kier alpha value is -3.67. The Balaban J connectivity index is 1.75. The summed E-state index contributed by atoms with van der Waals surface area (Å²) >= 11 is 0. The fourth-order valence-electron chi connectivity index (χ4n) is 3.17. The van der Waals surface area contributed by atoms with Gasteiger partial charge in [-0.1, -0.05) is 24.3 Å². The summed E-state index contributed by atoms with van der Waals surface area (Å²) < 4.78 is 13.3. The second-order valence-corrected chi connectivity index (χ2v) is 6.52. The lowest BCUT2D eigenvalue weighted by Gasteiger charge is -2.10. The van der Waals surface area contributed by atoms with Crippen molar-refractivity contribution in [2.45, 2.75) is 12.8 Å². The van der Waals surface area contributed by atoms with Crippen LogP contribution in [0.1, 0.15) is 21.6 Å². The van der Waals surface area contributed by atoms with Gasteiger partial charge in [0, 0.05) is 17.8 Å². The van der Waals surface area contributed by atoms with Crippen molar-refractivity contribution < 1.29 is 9.18 Å². The smallest absolute Gasteiger partial charge is 0.267 e. The quantitative estimate of drug-likeness (QED) is 0.579. The lowest BCUT2D eigenvalue weighted by molar-refractivity contribution is 0.0996. The Bertz CT molecular complexity index is 1140. The maximum absolute atomic E-state index is 13.3. The van der Waals surface area contributed by atoms with Gasteiger partial charge in [0.15, 0.2) is 0 Å². The van der Waals surface area contributed by atoms with Crippen molar-refractivity contribution in [3.63, 3.8) is 0 Å². The van der Waals surface area contributed by atoms with Gasteiger partial charge < -0.3 is 5.73 Å². The number of aromatic nitrogens is 3. The third kappa shape index (κ3) is 3.71. The summed E-state index contributed by atoms with van der Waals surface area (Å²) in [5, 5.41) is 0.878. The number of benzene rings is 2. The SMILES string of the molecule is NC(=O)c1cc(-c2ccc(F)cc2)c2ccc(CCc3cncnc3)cc2n1. The molecule has 6 heteroatoms. The Kier molecular flexibility index (Phi) is 4.76. The molecule has 0 aliphatic heterocycles. The average molecular weight is 372 g/mol. The second-order valence-electron chi connectivity index (χ2n) is 6.52. The van der Waals surface area contributed by atoms with E-state index in [-0.39, 0.29) is 11.5 Å². The number of nitrogens with two attached hydrogens (primary N) is 1. The largest absolute Gasteiger partial charge is 0.364 e. The third-order valence-electron chi connectivity index (χ3n) is 4.60. The molecule has 0 saturated heterocycles. The van der Waals surface area contributed by atoms with Gasteiger partial charge in [0.1, 0.15) is 17.8 Å². The molecule has 0 aliphatic carbocycles. The van der Waals surface area contributed by atoms with Gasteiger partial charge in [0.05, 0.1) is 5.52 Å². The Morgan fingerprint density at radius 2 is 1.64 bits per heavy atom. The molecule has 0 unspecified atom stereocenters. The van der Waals surface area contributed by atoms with E-state index in [1.165, 1.54) is 18.5 Å². The number of aryl methyl sites for hydroxylation is 2. The van der Waals surface area contributed by atoms with Crippen molar-refractivity contribution in [3.8, 4) is 11.1 Å². The molecule has 0 aliphatic rings. The molecule has 0 atom stereocenters. The second kappa shape index (κ2) is 7.52. The molecule has 138 valence electrons. The predicted octanol–water partition coefficient (Wildman–Crippen LogP) is 3.72. The number of nitrogens with zero attached hydrogens (tertiary/aromatic N) is 3. The standard InChI is InChI=1S/C22H17FN4O/c23-17-6-4-16(5-7-17)19-10-21(22(24)28)27-20-9-14(3-8-18(19)20)1-2-15-11-25-13-26-12-15/h3-13H,1-2H2,(H2,24,28). The van der Waals surface area contributed by atoms with Crippen LogP contribution in [0.2, 0.25) is 0 Å². The highest BCUT2D eigenvalue weighted by molar-refractivity contribution is 6.00. The topological polar surface area (TPSA) is 81.8 Å². The Morgan fingerprint density at radius 3 is 2.36 bits per heavy atom. The minimum absolute atomic E-state index is 0.181. The summed E-state index contributed by atoms with van der Waals surface area (Å²) in [6.07, 6.45) is 6.68. The number of carbonyl (C=O) groups excluding carboxylic acids is 1. The zero-order valence-corrected chi connectivity index (χ0v) is 15.0. The highest BCUT2D eigenvalue weighted by atomic mass is 19.1.